The van der Waals surface area contributed by atoms with Crippen LogP contribution in [0.5, 0.6) is 5.75 Å². The third-order valence-corrected chi connectivity index (χ3v) is 2.21. The molecular formula is C10H13ClFNO2. The molecule has 84 valence electrons. The second-order valence-electron chi connectivity index (χ2n) is 3.04. The van der Waals surface area contributed by atoms with E-state index in [0.717, 1.165) is 0 Å². The van der Waals surface area contributed by atoms with Crippen LogP contribution >= 0.6 is 11.6 Å². The van der Waals surface area contributed by atoms with Crippen LogP contribution in [-0.2, 0) is 0 Å². The molecule has 0 unspecified atom stereocenters. The van der Waals surface area contributed by atoms with Crippen molar-refractivity contribution < 1.29 is 14.2 Å². The average Bonchev–Trinajstić information content (AvgIpc) is 2.22. The molecule has 0 radical (unpaired) electrons. The molecular weight excluding hydrogens is 221 g/mol. The topological polar surface area (TPSA) is 55.5 Å². The van der Waals surface area contributed by atoms with Crippen molar-refractivity contribution in [2.45, 2.75) is 13.0 Å². The maximum absolute atomic E-state index is 13.4. The zero-order valence-corrected chi connectivity index (χ0v) is 9.09. The zero-order valence-electron chi connectivity index (χ0n) is 8.34. The Morgan fingerprint density at radius 3 is 2.73 bits per heavy atom. The Kier molecular flexibility index (Phi) is 4.32. The quantitative estimate of drug-likeness (QED) is 0.835. The van der Waals surface area contributed by atoms with Gasteiger partial charge in [-0.2, -0.15) is 0 Å². The van der Waals surface area contributed by atoms with Crippen molar-refractivity contribution in [2.75, 3.05) is 13.2 Å². The fraction of sp³-hybridized carbons (Fsp3) is 0.400. The van der Waals surface area contributed by atoms with Gasteiger partial charge in [0.25, 0.3) is 0 Å². The highest BCUT2D eigenvalue weighted by molar-refractivity contribution is 6.32. The molecule has 0 fully saturated rings. The van der Waals surface area contributed by atoms with Crippen LogP contribution in [0.15, 0.2) is 12.1 Å². The molecule has 0 bridgehead atoms. The van der Waals surface area contributed by atoms with Crippen molar-refractivity contribution in [2.24, 2.45) is 5.73 Å². The van der Waals surface area contributed by atoms with Crippen LogP contribution in [0.4, 0.5) is 4.39 Å². The third kappa shape index (κ3) is 2.81. The van der Waals surface area contributed by atoms with Gasteiger partial charge in [-0.25, -0.2) is 4.39 Å². The van der Waals surface area contributed by atoms with E-state index in [4.69, 9.17) is 27.2 Å². The largest absolute Gasteiger partial charge is 0.489 e. The molecule has 0 spiro atoms. The highest BCUT2D eigenvalue weighted by Gasteiger charge is 2.13. The lowest BCUT2D eigenvalue weighted by Crippen LogP contribution is -2.14. The van der Waals surface area contributed by atoms with Gasteiger partial charge in [-0.15, -0.1) is 0 Å². The van der Waals surface area contributed by atoms with Gasteiger partial charge in [-0.05, 0) is 24.6 Å². The number of ether oxygens (including phenoxy) is 1. The summed E-state index contributed by atoms with van der Waals surface area (Å²) in [5.74, 6) is -0.545. The SMILES string of the molecule is CCOc1c(F)cc([C@H](N)CO)cc1Cl. The standard InChI is InChI=1S/C10H13ClFNO2/c1-2-15-10-7(11)3-6(4-8(10)12)9(13)5-14/h3-4,9,14H,2,5,13H2,1H3/t9-/m1/s1. The number of rotatable bonds is 4. The Morgan fingerprint density at radius 1 is 1.60 bits per heavy atom. The van der Waals surface area contributed by atoms with E-state index in [9.17, 15) is 4.39 Å². The van der Waals surface area contributed by atoms with Gasteiger partial charge in [0.15, 0.2) is 11.6 Å². The molecule has 0 saturated heterocycles. The maximum Gasteiger partial charge on any atom is 0.173 e. The predicted octanol–water partition coefficient (Wildman–Crippen LogP) is 1.87. The first-order chi connectivity index (χ1) is 7.10. The molecule has 0 aliphatic carbocycles. The summed E-state index contributed by atoms with van der Waals surface area (Å²) in [6.07, 6.45) is 0. The Hall–Kier alpha value is -0.840. The molecule has 0 aromatic heterocycles. The summed E-state index contributed by atoms with van der Waals surface area (Å²) in [6.45, 7) is 1.81. The lowest BCUT2D eigenvalue weighted by atomic mass is 10.1. The summed E-state index contributed by atoms with van der Waals surface area (Å²) in [6, 6.07) is 2.08. The van der Waals surface area contributed by atoms with Crippen LogP contribution in [0.3, 0.4) is 0 Å². The summed E-state index contributed by atoms with van der Waals surface area (Å²) in [5.41, 5.74) is 5.99. The molecule has 0 aliphatic heterocycles. The molecule has 15 heavy (non-hydrogen) atoms. The van der Waals surface area contributed by atoms with Gasteiger partial charge >= 0.3 is 0 Å². The molecule has 0 heterocycles. The highest BCUT2D eigenvalue weighted by atomic mass is 35.5. The minimum Gasteiger partial charge on any atom is -0.489 e. The molecule has 1 aromatic carbocycles. The Balaban J connectivity index is 3.07. The third-order valence-electron chi connectivity index (χ3n) is 1.93. The normalized spacial score (nSPS) is 12.6. The summed E-state index contributed by atoms with van der Waals surface area (Å²) < 4.78 is 18.5. The maximum atomic E-state index is 13.4. The predicted molar refractivity (Wildman–Crippen MR) is 56.6 cm³/mol. The van der Waals surface area contributed by atoms with Crippen molar-refractivity contribution in [3.8, 4) is 5.75 Å². The fourth-order valence-corrected chi connectivity index (χ4v) is 1.45. The first-order valence-corrected chi connectivity index (χ1v) is 4.96. The monoisotopic (exact) mass is 233 g/mol. The van der Waals surface area contributed by atoms with Crippen LogP contribution < -0.4 is 10.5 Å². The van der Waals surface area contributed by atoms with Crippen molar-refractivity contribution in [3.63, 3.8) is 0 Å². The molecule has 0 aliphatic rings. The number of benzene rings is 1. The molecule has 1 aromatic rings. The summed E-state index contributed by atoms with van der Waals surface area (Å²) in [5, 5.41) is 8.98. The smallest absolute Gasteiger partial charge is 0.173 e. The lowest BCUT2D eigenvalue weighted by Gasteiger charge is -2.12. The van der Waals surface area contributed by atoms with Crippen LogP contribution in [-0.4, -0.2) is 18.3 Å². The van der Waals surface area contributed by atoms with E-state index >= 15 is 0 Å². The van der Waals surface area contributed by atoms with Gasteiger partial charge in [0.2, 0.25) is 0 Å². The first kappa shape index (κ1) is 12.2. The van der Waals surface area contributed by atoms with Gasteiger partial charge in [0.05, 0.1) is 24.3 Å². The van der Waals surface area contributed by atoms with Crippen LogP contribution in [0, 0.1) is 5.82 Å². The van der Waals surface area contributed by atoms with E-state index in [-0.39, 0.29) is 17.4 Å². The number of halogens is 2. The number of hydrogen-bond acceptors (Lipinski definition) is 3. The summed E-state index contributed by atoms with van der Waals surface area (Å²) >= 11 is 5.81. The molecule has 3 N–H and O–H groups in total. The van der Waals surface area contributed by atoms with Crippen molar-refractivity contribution in [1.82, 2.24) is 0 Å². The van der Waals surface area contributed by atoms with E-state index in [1.807, 2.05) is 0 Å². The number of aliphatic hydroxyl groups is 1. The average molecular weight is 234 g/mol. The van der Waals surface area contributed by atoms with Gasteiger partial charge in [-0.3, -0.25) is 0 Å². The van der Waals surface area contributed by atoms with Crippen molar-refractivity contribution in [3.05, 3.63) is 28.5 Å². The molecule has 3 nitrogen and oxygen atoms in total. The molecule has 5 heteroatoms. The lowest BCUT2D eigenvalue weighted by molar-refractivity contribution is 0.267. The second kappa shape index (κ2) is 5.30. The van der Waals surface area contributed by atoms with Crippen molar-refractivity contribution in [1.29, 1.82) is 0 Å². The van der Waals surface area contributed by atoms with E-state index < -0.39 is 11.9 Å². The van der Waals surface area contributed by atoms with Crippen LogP contribution in [0.1, 0.15) is 18.5 Å². The number of hydrogen-bond donors (Lipinski definition) is 2. The molecule has 1 atom stereocenters. The minimum atomic E-state index is -0.632. The van der Waals surface area contributed by atoms with Crippen molar-refractivity contribution >= 4 is 11.6 Å². The van der Waals surface area contributed by atoms with Crippen LogP contribution in [0.2, 0.25) is 5.02 Å². The van der Waals surface area contributed by atoms with E-state index in [1.165, 1.54) is 12.1 Å². The van der Waals surface area contributed by atoms with Gasteiger partial charge in [0.1, 0.15) is 0 Å². The summed E-state index contributed by atoms with van der Waals surface area (Å²) in [4.78, 5) is 0. The van der Waals surface area contributed by atoms with E-state index in [0.29, 0.717) is 12.2 Å². The second-order valence-corrected chi connectivity index (χ2v) is 3.44. The zero-order chi connectivity index (χ0) is 11.4. The number of aliphatic hydroxyl groups excluding tert-OH is 1. The molecule has 0 amide bonds. The molecule has 0 saturated carbocycles. The van der Waals surface area contributed by atoms with Crippen LogP contribution in [0.25, 0.3) is 0 Å². The van der Waals surface area contributed by atoms with E-state index in [1.54, 1.807) is 6.92 Å². The van der Waals surface area contributed by atoms with E-state index in [2.05, 4.69) is 0 Å². The fourth-order valence-electron chi connectivity index (χ4n) is 1.18. The minimum absolute atomic E-state index is 0.0213. The number of nitrogens with two attached hydrogens (primary N) is 1. The van der Waals surface area contributed by atoms with Gasteiger partial charge < -0.3 is 15.6 Å². The highest BCUT2D eigenvalue weighted by Crippen LogP contribution is 2.30. The molecule has 1 rings (SSSR count). The Bertz CT molecular complexity index is 323. The first-order valence-electron chi connectivity index (χ1n) is 4.58. The summed E-state index contributed by atoms with van der Waals surface area (Å²) in [7, 11) is 0. The van der Waals surface area contributed by atoms with Gasteiger partial charge in [-0.1, -0.05) is 11.6 Å². The Morgan fingerprint density at radius 2 is 2.27 bits per heavy atom. The van der Waals surface area contributed by atoms with Gasteiger partial charge in [0, 0.05) is 0 Å². The Labute approximate surface area is 92.6 Å².